The lowest BCUT2D eigenvalue weighted by atomic mass is 10.4. The first-order valence-electron chi connectivity index (χ1n) is 3.00. The summed E-state index contributed by atoms with van der Waals surface area (Å²) in [6.45, 7) is 0. The molecular formula is C7H8ClIO2S. The van der Waals surface area contributed by atoms with Crippen LogP contribution in [0.1, 0.15) is 0 Å². The van der Waals surface area contributed by atoms with Gasteiger partial charge in [0.2, 0.25) is 9.05 Å². The molecule has 0 aromatic heterocycles. The lowest BCUT2D eigenvalue weighted by Crippen LogP contribution is -1.76. The molecule has 1 aromatic carbocycles. The summed E-state index contributed by atoms with van der Waals surface area (Å²) in [7, 11) is 1.31. The Morgan fingerprint density at radius 1 is 1.25 bits per heavy atom. The van der Waals surface area contributed by atoms with Crippen molar-refractivity contribution in [1.82, 2.24) is 0 Å². The summed E-state index contributed by atoms with van der Waals surface area (Å²) >= 11 is 2.28. The molecule has 2 nitrogen and oxygen atoms in total. The highest BCUT2D eigenvalue weighted by molar-refractivity contribution is 14.1. The molecule has 0 bridgehead atoms. The van der Waals surface area contributed by atoms with Crippen LogP contribution in [0.5, 0.6) is 0 Å². The van der Waals surface area contributed by atoms with Crippen LogP contribution in [0.3, 0.4) is 0 Å². The zero-order valence-corrected chi connectivity index (χ0v) is 10.1. The fourth-order valence-electron chi connectivity index (χ4n) is 0.415. The van der Waals surface area contributed by atoms with E-state index in [4.69, 9.17) is 0 Å². The second-order valence-electron chi connectivity index (χ2n) is 1.98. The van der Waals surface area contributed by atoms with Crippen molar-refractivity contribution in [3.8, 4) is 0 Å². The van der Waals surface area contributed by atoms with Crippen molar-refractivity contribution in [2.45, 2.75) is 0 Å². The fraction of sp³-hybridized carbons (Fsp3) is 0.143. The molecule has 0 unspecified atom stereocenters. The summed E-state index contributed by atoms with van der Waals surface area (Å²) in [6, 6.07) is 10.2. The standard InChI is InChI=1S/C6H5I.CH3ClO2S/c7-6-4-2-1-3-5-6;1-5(2,3)4/h1-5H;1H3. The van der Waals surface area contributed by atoms with E-state index in [-0.39, 0.29) is 0 Å². The van der Waals surface area contributed by atoms with E-state index in [1.807, 2.05) is 18.2 Å². The van der Waals surface area contributed by atoms with Crippen LogP contribution < -0.4 is 0 Å². The Kier molecular flexibility index (Phi) is 5.86. The summed E-state index contributed by atoms with van der Waals surface area (Å²) in [5, 5.41) is 0. The highest BCUT2D eigenvalue weighted by Gasteiger charge is 1.83. The molecule has 0 heterocycles. The van der Waals surface area contributed by atoms with Crippen LogP contribution in [0.15, 0.2) is 30.3 Å². The lowest BCUT2D eigenvalue weighted by molar-refractivity contribution is 0.615. The minimum absolute atomic E-state index is 0.925. The van der Waals surface area contributed by atoms with Gasteiger partial charge in [0.05, 0.1) is 6.26 Å². The van der Waals surface area contributed by atoms with E-state index in [9.17, 15) is 8.42 Å². The van der Waals surface area contributed by atoms with Crippen molar-refractivity contribution in [2.75, 3.05) is 6.26 Å². The van der Waals surface area contributed by atoms with E-state index in [1.54, 1.807) is 0 Å². The third-order valence-electron chi connectivity index (χ3n) is 0.733. The smallest absolute Gasteiger partial charge is 0.213 e. The predicted octanol–water partition coefficient (Wildman–Crippen LogP) is 2.48. The molecule has 68 valence electrons. The van der Waals surface area contributed by atoms with Gasteiger partial charge in [-0.15, -0.1) is 0 Å². The number of rotatable bonds is 0. The van der Waals surface area contributed by atoms with Gasteiger partial charge in [0.15, 0.2) is 0 Å². The highest BCUT2D eigenvalue weighted by Crippen LogP contribution is 1.99. The summed E-state index contributed by atoms with van der Waals surface area (Å²) in [5.41, 5.74) is 0. The van der Waals surface area contributed by atoms with Crippen LogP contribution >= 0.6 is 33.3 Å². The molecule has 0 aliphatic carbocycles. The van der Waals surface area contributed by atoms with Gasteiger partial charge in [-0.1, -0.05) is 18.2 Å². The summed E-state index contributed by atoms with van der Waals surface area (Å²) < 4.78 is 20.1. The Labute approximate surface area is 90.5 Å². The average Bonchev–Trinajstić information content (AvgIpc) is 1.85. The third kappa shape index (κ3) is 12.8. The maximum Gasteiger partial charge on any atom is 0.229 e. The largest absolute Gasteiger partial charge is 0.229 e. The zero-order chi connectivity index (χ0) is 9.61. The Balaban J connectivity index is 0.000000217. The maximum absolute atomic E-state index is 9.40. The molecule has 1 aromatic rings. The molecular weight excluding hydrogens is 310 g/mol. The fourth-order valence-corrected chi connectivity index (χ4v) is 0.830. The van der Waals surface area contributed by atoms with Crippen LogP contribution in [-0.2, 0) is 9.05 Å². The molecule has 0 fully saturated rings. The molecule has 0 saturated carbocycles. The molecule has 0 aliphatic heterocycles. The number of benzene rings is 1. The van der Waals surface area contributed by atoms with Gasteiger partial charge < -0.3 is 0 Å². The SMILES string of the molecule is CS(=O)(=O)Cl.Ic1ccccc1. The lowest BCUT2D eigenvalue weighted by Gasteiger charge is -1.80. The molecule has 12 heavy (non-hydrogen) atoms. The molecule has 0 saturated heterocycles. The number of hydrogen-bond acceptors (Lipinski definition) is 2. The zero-order valence-electron chi connectivity index (χ0n) is 6.37. The van der Waals surface area contributed by atoms with Gasteiger partial charge in [-0.3, -0.25) is 0 Å². The molecule has 0 spiro atoms. The summed E-state index contributed by atoms with van der Waals surface area (Å²) in [6.07, 6.45) is 0.925. The quantitative estimate of drug-likeness (QED) is 0.544. The Morgan fingerprint density at radius 2 is 1.58 bits per heavy atom. The molecule has 5 heteroatoms. The second kappa shape index (κ2) is 5.77. The first-order valence-corrected chi connectivity index (χ1v) is 6.79. The predicted molar refractivity (Wildman–Crippen MR) is 59.9 cm³/mol. The van der Waals surface area contributed by atoms with Gasteiger partial charge in [0, 0.05) is 14.3 Å². The van der Waals surface area contributed by atoms with Crippen molar-refractivity contribution >= 4 is 42.3 Å². The van der Waals surface area contributed by atoms with Crippen molar-refractivity contribution < 1.29 is 8.42 Å². The van der Waals surface area contributed by atoms with Gasteiger partial charge in [0.1, 0.15) is 0 Å². The Bertz CT molecular complexity index is 301. The number of hydrogen-bond donors (Lipinski definition) is 0. The molecule has 1 rings (SSSR count). The van der Waals surface area contributed by atoms with E-state index in [2.05, 4.69) is 45.4 Å². The monoisotopic (exact) mass is 318 g/mol. The topological polar surface area (TPSA) is 34.1 Å². The van der Waals surface area contributed by atoms with Crippen molar-refractivity contribution in [1.29, 1.82) is 0 Å². The molecule has 0 N–H and O–H groups in total. The van der Waals surface area contributed by atoms with Crippen molar-refractivity contribution in [3.05, 3.63) is 33.9 Å². The van der Waals surface area contributed by atoms with Gasteiger partial charge in [0.25, 0.3) is 0 Å². The third-order valence-corrected chi connectivity index (χ3v) is 1.45. The van der Waals surface area contributed by atoms with Crippen molar-refractivity contribution in [3.63, 3.8) is 0 Å². The minimum atomic E-state index is -3.19. The first-order chi connectivity index (χ1) is 5.39. The highest BCUT2D eigenvalue weighted by atomic mass is 127. The molecule has 0 amide bonds. The first kappa shape index (κ1) is 12.2. The molecule has 0 aliphatic rings. The van der Waals surface area contributed by atoms with Crippen LogP contribution in [0, 0.1) is 3.57 Å². The van der Waals surface area contributed by atoms with Gasteiger partial charge in [-0.2, -0.15) is 0 Å². The maximum atomic E-state index is 9.40. The average molecular weight is 319 g/mol. The second-order valence-corrected chi connectivity index (χ2v) is 6.27. The normalized spacial score (nSPS) is 9.92. The van der Waals surface area contributed by atoms with E-state index >= 15 is 0 Å². The van der Waals surface area contributed by atoms with Crippen LogP contribution in [0.4, 0.5) is 0 Å². The minimum Gasteiger partial charge on any atom is -0.213 e. The van der Waals surface area contributed by atoms with Crippen molar-refractivity contribution in [2.24, 2.45) is 0 Å². The molecule has 0 radical (unpaired) electrons. The van der Waals surface area contributed by atoms with E-state index in [0.29, 0.717) is 0 Å². The van der Waals surface area contributed by atoms with E-state index in [1.165, 1.54) is 3.57 Å². The Morgan fingerprint density at radius 3 is 1.75 bits per heavy atom. The van der Waals surface area contributed by atoms with Gasteiger partial charge in [-0.05, 0) is 34.7 Å². The van der Waals surface area contributed by atoms with Gasteiger partial charge >= 0.3 is 0 Å². The van der Waals surface area contributed by atoms with Gasteiger partial charge in [-0.25, -0.2) is 8.42 Å². The summed E-state index contributed by atoms with van der Waals surface area (Å²) in [5.74, 6) is 0. The Hall–Kier alpha value is 0.190. The van der Waals surface area contributed by atoms with Crippen LogP contribution in [0.2, 0.25) is 0 Å². The number of halogens is 2. The summed E-state index contributed by atoms with van der Waals surface area (Å²) in [4.78, 5) is 0. The van der Waals surface area contributed by atoms with Crippen LogP contribution in [0.25, 0.3) is 0 Å². The van der Waals surface area contributed by atoms with E-state index < -0.39 is 9.05 Å². The van der Waals surface area contributed by atoms with E-state index in [0.717, 1.165) is 6.26 Å². The molecule has 0 atom stereocenters. The van der Waals surface area contributed by atoms with Crippen LogP contribution in [-0.4, -0.2) is 14.7 Å².